The second-order valence-electron chi connectivity index (χ2n) is 13.8. The molecule has 0 amide bonds. The molecule has 0 aliphatic heterocycles. The Morgan fingerprint density at radius 1 is 0.360 bits per heavy atom. The van der Waals surface area contributed by atoms with Crippen LogP contribution in [0.15, 0.2) is 188 Å². The van der Waals surface area contributed by atoms with E-state index < -0.39 is 0 Å². The van der Waals surface area contributed by atoms with E-state index in [-0.39, 0.29) is 5.41 Å². The van der Waals surface area contributed by atoms with Crippen LogP contribution in [0.2, 0.25) is 0 Å². The molecule has 8 aromatic carbocycles. The van der Waals surface area contributed by atoms with E-state index in [2.05, 4.69) is 207 Å². The monoisotopic (exact) mass is 639 g/mol. The smallest absolute Gasteiger partial charge is 0.0468 e. The minimum Gasteiger partial charge on any atom is -0.310 e. The Labute approximate surface area is 294 Å². The summed E-state index contributed by atoms with van der Waals surface area (Å²) < 4.78 is 0. The largest absolute Gasteiger partial charge is 0.310 e. The zero-order valence-corrected chi connectivity index (χ0v) is 28.3. The molecule has 8 aromatic rings. The van der Waals surface area contributed by atoms with E-state index in [4.69, 9.17) is 0 Å². The van der Waals surface area contributed by atoms with Crippen LogP contribution in [0, 0.1) is 0 Å². The Balaban J connectivity index is 1.24. The van der Waals surface area contributed by atoms with Crippen LogP contribution in [0.4, 0.5) is 17.1 Å². The van der Waals surface area contributed by atoms with E-state index in [1.165, 1.54) is 66.4 Å². The van der Waals surface area contributed by atoms with Crippen LogP contribution in [-0.2, 0) is 5.41 Å². The van der Waals surface area contributed by atoms with Gasteiger partial charge in [-0.1, -0.05) is 166 Å². The van der Waals surface area contributed by atoms with Gasteiger partial charge in [0.15, 0.2) is 0 Å². The van der Waals surface area contributed by atoms with Crippen molar-refractivity contribution in [1.29, 1.82) is 0 Å². The lowest BCUT2D eigenvalue weighted by Crippen LogP contribution is -2.17. The fourth-order valence-corrected chi connectivity index (χ4v) is 7.99. The summed E-state index contributed by atoms with van der Waals surface area (Å²) in [5.74, 6) is 0. The van der Waals surface area contributed by atoms with Crippen molar-refractivity contribution in [3.05, 3.63) is 199 Å². The van der Waals surface area contributed by atoms with Crippen LogP contribution in [-0.4, -0.2) is 0 Å². The summed E-state index contributed by atoms with van der Waals surface area (Å²) in [6, 6.07) is 68.5. The third-order valence-electron chi connectivity index (χ3n) is 10.4. The number of anilines is 3. The molecule has 1 nitrogen and oxygen atoms in total. The summed E-state index contributed by atoms with van der Waals surface area (Å²) in [5, 5.41) is 2.47. The molecule has 0 saturated heterocycles. The van der Waals surface area contributed by atoms with Crippen molar-refractivity contribution < 1.29 is 0 Å². The first-order valence-electron chi connectivity index (χ1n) is 17.4. The standard InChI is InChI=1S/C49H37N/c1-49(2)46-33-42(28-29-45(46)47-43(37-17-8-4-9-18-37)30-31-44(48(47)49)38-19-10-5-11-20-38)50(41-27-24-35-16-12-13-21-39(35)32-41)40-25-22-36(23-26-40)34-14-6-3-7-15-34/h3-33H,1-2H3. The lowest BCUT2D eigenvalue weighted by molar-refractivity contribution is 0.662. The van der Waals surface area contributed by atoms with Gasteiger partial charge in [0.05, 0.1) is 0 Å². The molecule has 0 saturated carbocycles. The molecule has 1 aliphatic rings. The van der Waals surface area contributed by atoms with Crippen LogP contribution >= 0.6 is 0 Å². The second kappa shape index (κ2) is 12.1. The first kappa shape index (κ1) is 29.9. The molecule has 0 N–H and O–H groups in total. The first-order chi connectivity index (χ1) is 24.6. The minimum absolute atomic E-state index is 0.233. The highest BCUT2D eigenvalue weighted by Gasteiger charge is 2.40. The summed E-state index contributed by atoms with van der Waals surface area (Å²) in [4.78, 5) is 2.41. The first-order valence-corrected chi connectivity index (χ1v) is 17.4. The van der Waals surface area contributed by atoms with Gasteiger partial charge in [-0.05, 0) is 103 Å². The molecule has 238 valence electrons. The summed E-state index contributed by atoms with van der Waals surface area (Å²) in [6.45, 7) is 4.80. The van der Waals surface area contributed by atoms with Gasteiger partial charge >= 0.3 is 0 Å². The molecule has 0 atom stereocenters. The van der Waals surface area contributed by atoms with Crippen LogP contribution in [0.1, 0.15) is 25.0 Å². The Hall–Kier alpha value is -6.18. The van der Waals surface area contributed by atoms with Crippen molar-refractivity contribution in [2.24, 2.45) is 0 Å². The zero-order chi connectivity index (χ0) is 33.7. The minimum atomic E-state index is -0.233. The van der Waals surface area contributed by atoms with Crippen molar-refractivity contribution >= 4 is 27.8 Å². The molecule has 0 spiro atoms. The molecule has 0 aromatic heterocycles. The van der Waals surface area contributed by atoms with Crippen LogP contribution in [0.5, 0.6) is 0 Å². The van der Waals surface area contributed by atoms with E-state index in [1.807, 2.05) is 0 Å². The highest BCUT2D eigenvalue weighted by Crippen LogP contribution is 2.56. The van der Waals surface area contributed by atoms with Crippen molar-refractivity contribution in [3.8, 4) is 44.5 Å². The molecule has 0 fully saturated rings. The average Bonchev–Trinajstić information content (AvgIpc) is 3.42. The van der Waals surface area contributed by atoms with Gasteiger partial charge in [0.2, 0.25) is 0 Å². The van der Waals surface area contributed by atoms with Gasteiger partial charge in [-0.15, -0.1) is 0 Å². The highest BCUT2D eigenvalue weighted by atomic mass is 15.1. The predicted octanol–water partition coefficient (Wildman–Crippen LogP) is 13.6. The number of hydrogen-bond acceptors (Lipinski definition) is 1. The Morgan fingerprint density at radius 3 is 1.52 bits per heavy atom. The highest BCUT2D eigenvalue weighted by molar-refractivity contribution is 5.98. The van der Waals surface area contributed by atoms with Crippen molar-refractivity contribution in [3.63, 3.8) is 0 Å². The van der Waals surface area contributed by atoms with Crippen molar-refractivity contribution in [2.75, 3.05) is 4.90 Å². The maximum atomic E-state index is 2.44. The fourth-order valence-electron chi connectivity index (χ4n) is 7.99. The summed E-state index contributed by atoms with van der Waals surface area (Å²) >= 11 is 0. The van der Waals surface area contributed by atoms with Gasteiger partial charge < -0.3 is 4.90 Å². The van der Waals surface area contributed by atoms with Gasteiger partial charge in [0.25, 0.3) is 0 Å². The number of fused-ring (bicyclic) bond motifs is 4. The number of benzene rings is 8. The van der Waals surface area contributed by atoms with Gasteiger partial charge in [0.1, 0.15) is 0 Å². The van der Waals surface area contributed by atoms with Gasteiger partial charge in [0, 0.05) is 22.5 Å². The Bertz CT molecular complexity index is 2480. The SMILES string of the molecule is CC1(C)c2cc(N(c3ccc(-c4ccccc4)cc3)c3ccc4ccccc4c3)ccc2-c2c(-c3ccccc3)ccc(-c3ccccc3)c21. The molecule has 0 radical (unpaired) electrons. The van der Waals surface area contributed by atoms with Gasteiger partial charge in [-0.2, -0.15) is 0 Å². The van der Waals surface area contributed by atoms with E-state index in [0.717, 1.165) is 17.1 Å². The van der Waals surface area contributed by atoms with Crippen LogP contribution < -0.4 is 4.90 Å². The molecule has 1 aliphatic carbocycles. The van der Waals surface area contributed by atoms with Crippen LogP contribution in [0.3, 0.4) is 0 Å². The third kappa shape index (κ3) is 5.02. The van der Waals surface area contributed by atoms with Crippen LogP contribution in [0.25, 0.3) is 55.3 Å². The normalized spacial score (nSPS) is 12.8. The maximum Gasteiger partial charge on any atom is 0.0468 e. The molecule has 1 heteroatoms. The van der Waals surface area contributed by atoms with E-state index in [1.54, 1.807) is 0 Å². The molecular weight excluding hydrogens is 603 g/mol. The molecule has 9 rings (SSSR count). The van der Waals surface area contributed by atoms with Crippen molar-refractivity contribution in [1.82, 2.24) is 0 Å². The van der Waals surface area contributed by atoms with E-state index in [9.17, 15) is 0 Å². The molecule has 0 unspecified atom stereocenters. The molecule has 0 heterocycles. The molecular formula is C49H37N. The quantitative estimate of drug-likeness (QED) is 0.175. The number of rotatable bonds is 6. The number of nitrogens with zero attached hydrogens (tertiary/aromatic N) is 1. The summed E-state index contributed by atoms with van der Waals surface area (Å²) in [5.41, 5.74) is 16.1. The lowest BCUT2D eigenvalue weighted by Gasteiger charge is -2.29. The van der Waals surface area contributed by atoms with E-state index >= 15 is 0 Å². The fraction of sp³-hybridized carbons (Fsp3) is 0.0612. The Kier molecular flexibility index (Phi) is 7.21. The maximum absolute atomic E-state index is 2.44. The van der Waals surface area contributed by atoms with Gasteiger partial charge in [-0.3, -0.25) is 0 Å². The number of hydrogen-bond donors (Lipinski definition) is 0. The second-order valence-corrected chi connectivity index (χ2v) is 13.8. The summed E-state index contributed by atoms with van der Waals surface area (Å²) in [7, 11) is 0. The molecule has 0 bridgehead atoms. The topological polar surface area (TPSA) is 3.24 Å². The van der Waals surface area contributed by atoms with Crippen molar-refractivity contribution in [2.45, 2.75) is 19.3 Å². The lowest BCUT2D eigenvalue weighted by atomic mass is 9.78. The Morgan fingerprint density at radius 2 is 0.840 bits per heavy atom. The summed E-state index contributed by atoms with van der Waals surface area (Å²) in [6.07, 6.45) is 0. The average molecular weight is 640 g/mol. The predicted molar refractivity (Wildman–Crippen MR) is 213 cm³/mol. The zero-order valence-electron chi connectivity index (χ0n) is 28.3. The third-order valence-corrected chi connectivity index (χ3v) is 10.4. The molecule has 50 heavy (non-hydrogen) atoms. The van der Waals surface area contributed by atoms with E-state index in [0.29, 0.717) is 0 Å². The van der Waals surface area contributed by atoms with Gasteiger partial charge in [-0.25, -0.2) is 0 Å².